The van der Waals surface area contributed by atoms with E-state index in [1.165, 1.54) is 167 Å². The van der Waals surface area contributed by atoms with Gasteiger partial charge in [-0.05, 0) is 25.7 Å². The summed E-state index contributed by atoms with van der Waals surface area (Å²) in [6.07, 6.45) is 41.6. The van der Waals surface area contributed by atoms with Gasteiger partial charge in [0.2, 0.25) is 5.91 Å². The van der Waals surface area contributed by atoms with Crippen molar-refractivity contribution in [3.8, 4) is 0 Å². The molecular formula is C46H91NO5. The van der Waals surface area contributed by atoms with Gasteiger partial charge in [-0.15, -0.1) is 0 Å². The third-order valence-electron chi connectivity index (χ3n) is 10.9. The van der Waals surface area contributed by atoms with E-state index in [0.29, 0.717) is 19.3 Å². The lowest BCUT2D eigenvalue weighted by Crippen LogP contribution is -2.46. The normalized spacial score (nSPS) is 13.2. The van der Waals surface area contributed by atoms with E-state index in [0.717, 1.165) is 44.9 Å². The molecule has 0 aliphatic rings. The highest BCUT2D eigenvalue weighted by molar-refractivity contribution is 5.77. The first kappa shape index (κ1) is 50.9. The van der Waals surface area contributed by atoms with Crippen LogP contribution in [0.5, 0.6) is 0 Å². The lowest BCUT2D eigenvalue weighted by molar-refractivity contribution is -0.151. The molecule has 0 bridgehead atoms. The van der Waals surface area contributed by atoms with Gasteiger partial charge in [0.25, 0.3) is 0 Å². The molecule has 0 aromatic rings. The van der Waals surface area contributed by atoms with Gasteiger partial charge in [-0.1, -0.05) is 220 Å². The van der Waals surface area contributed by atoms with Crippen LogP contribution in [0, 0.1) is 0 Å². The minimum absolute atomic E-state index is 0.0867. The summed E-state index contributed by atoms with van der Waals surface area (Å²) in [5.74, 6) is -0.460. The maximum Gasteiger partial charge on any atom is 0.306 e. The number of aliphatic hydroxyl groups excluding tert-OH is 2. The van der Waals surface area contributed by atoms with Gasteiger partial charge in [0, 0.05) is 6.42 Å². The maximum absolute atomic E-state index is 13.1. The smallest absolute Gasteiger partial charge is 0.306 e. The van der Waals surface area contributed by atoms with Gasteiger partial charge in [-0.2, -0.15) is 0 Å². The molecule has 3 unspecified atom stereocenters. The lowest BCUT2D eigenvalue weighted by Gasteiger charge is -2.24. The molecule has 3 atom stereocenters. The molecule has 0 radical (unpaired) electrons. The van der Waals surface area contributed by atoms with Crippen molar-refractivity contribution in [3.63, 3.8) is 0 Å². The van der Waals surface area contributed by atoms with Crippen LogP contribution in [0.15, 0.2) is 0 Å². The Morgan fingerprint density at radius 1 is 0.481 bits per heavy atom. The average molecular weight is 738 g/mol. The fourth-order valence-electron chi connectivity index (χ4n) is 7.37. The predicted octanol–water partition coefficient (Wildman–Crippen LogP) is 13.2. The maximum atomic E-state index is 13.1. The molecule has 3 N–H and O–H groups in total. The summed E-state index contributed by atoms with van der Waals surface area (Å²) in [4.78, 5) is 25.9. The van der Waals surface area contributed by atoms with Crippen LogP contribution in [0.2, 0.25) is 0 Å². The van der Waals surface area contributed by atoms with Crippen LogP contribution in [0.4, 0.5) is 0 Å². The molecule has 0 heterocycles. The predicted molar refractivity (Wildman–Crippen MR) is 223 cm³/mol. The SMILES string of the molecule is CCCCCCCCCCCCCCCCC(CC(=O)NC(CO)C(O)CCCCCCCCCCCC)OC(=O)CCCCCCCCCCC. The Labute approximate surface area is 324 Å². The summed E-state index contributed by atoms with van der Waals surface area (Å²) < 4.78 is 5.90. The van der Waals surface area contributed by atoms with Gasteiger partial charge < -0.3 is 20.3 Å². The standard InChI is InChI=1S/C46H91NO5/c1-4-7-10-13-16-19-21-22-23-24-26-28-31-34-37-42(52-46(51)39-36-33-30-25-18-15-12-9-6-3)40-45(50)47-43(41-48)44(49)38-35-32-29-27-20-17-14-11-8-5-2/h42-44,48-49H,4-41H2,1-3H3,(H,47,50). The van der Waals surface area contributed by atoms with E-state index < -0.39 is 18.2 Å². The first-order valence-electron chi connectivity index (χ1n) is 23.3. The Morgan fingerprint density at radius 2 is 0.808 bits per heavy atom. The first-order valence-corrected chi connectivity index (χ1v) is 23.3. The van der Waals surface area contributed by atoms with E-state index in [4.69, 9.17) is 4.74 Å². The molecule has 0 rings (SSSR count). The fourth-order valence-corrected chi connectivity index (χ4v) is 7.37. The number of nitrogens with one attached hydrogen (secondary N) is 1. The summed E-state index contributed by atoms with van der Waals surface area (Å²) in [5.41, 5.74) is 0. The molecule has 0 saturated heterocycles. The molecule has 0 aliphatic carbocycles. The van der Waals surface area contributed by atoms with E-state index in [1.54, 1.807) is 0 Å². The second-order valence-electron chi connectivity index (χ2n) is 16.2. The van der Waals surface area contributed by atoms with Gasteiger partial charge in [0.05, 0.1) is 25.2 Å². The Bertz CT molecular complexity index is 746. The third kappa shape index (κ3) is 35.9. The number of rotatable bonds is 42. The number of amides is 1. The second kappa shape index (κ2) is 41.0. The van der Waals surface area contributed by atoms with Gasteiger partial charge >= 0.3 is 5.97 Å². The Balaban J connectivity index is 4.53. The van der Waals surface area contributed by atoms with Crippen molar-refractivity contribution < 1.29 is 24.5 Å². The summed E-state index contributed by atoms with van der Waals surface area (Å²) in [6, 6.07) is -0.689. The number of carbonyl (C=O) groups is 2. The summed E-state index contributed by atoms with van der Waals surface area (Å²) in [7, 11) is 0. The van der Waals surface area contributed by atoms with Gasteiger partial charge in [-0.25, -0.2) is 0 Å². The monoisotopic (exact) mass is 738 g/mol. The number of unbranched alkanes of at least 4 members (excludes halogenated alkanes) is 30. The minimum atomic E-state index is -0.776. The molecule has 0 aliphatic heterocycles. The largest absolute Gasteiger partial charge is 0.462 e. The van der Waals surface area contributed by atoms with Crippen molar-refractivity contribution in [1.82, 2.24) is 5.32 Å². The molecule has 6 heteroatoms. The van der Waals surface area contributed by atoms with Crippen molar-refractivity contribution in [2.75, 3.05) is 6.61 Å². The Morgan fingerprint density at radius 3 is 1.17 bits per heavy atom. The van der Waals surface area contributed by atoms with Gasteiger partial charge in [0.1, 0.15) is 6.10 Å². The number of hydrogen-bond donors (Lipinski definition) is 3. The van der Waals surface area contributed by atoms with Crippen LogP contribution < -0.4 is 5.32 Å². The fraction of sp³-hybridized carbons (Fsp3) is 0.957. The first-order chi connectivity index (χ1) is 25.5. The van der Waals surface area contributed by atoms with Crippen LogP contribution in [0.25, 0.3) is 0 Å². The van der Waals surface area contributed by atoms with Crippen LogP contribution in [-0.4, -0.2) is 46.9 Å². The van der Waals surface area contributed by atoms with E-state index in [9.17, 15) is 19.8 Å². The summed E-state index contributed by atoms with van der Waals surface area (Å²) in [5, 5.41) is 23.6. The quantitative estimate of drug-likeness (QED) is 0.0428. The molecule has 1 amide bonds. The molecule has 310 valence electrons. The van der Waals surface area contributed by atoms with E-state index in [1.807, 2.05) is 0 Å². The number of hydrogen-bond acceptors (Lipinski definition) is 5. The van der Waals surface area contributed by atoms with Crippen molar-refractivity contribution in [2.45, 2.75) is 277 Å². The highest BCUT2D eigenvalue weighted by Gasteiger charge is 2.24. The minimum Gasteiger partial charge on any atom is -0.462 e. The average Bonchev–Trinajstić information content (AvgIpc) is 3.13. The van der Waals surface area contributed by atoms with E-state index in [2.05, 4.69) is 26.1 Å². The third-order valence-corrected chi connectivity index (χ3v) is 10.9. The number of carbonyl (C=O) groups excluding carboxylic acids is 2. The molecule has 52 heavy (non-hydrogen) atoms. The van der Waals surface area contributed by atoms with Crippen LogP contribution in [0.1, 0.15) is 258 Å². The zero-order valence-electron chi connectivity index (χ0n) is 35.2. The highest BCUT2D eigenvalue weighted by atomic mass is 16.5. The van der Waals surface area contributed by atoms with Crippen LogP contribution >= 0.6 is 0 Å². The van der Waals surface area contributed by atoms with Crippen molar-refractivity contribution in [2.24, 2.45) is 0 Å². The summed E-state index contributed by atoms with van der Waals surface area (Å²) in [6.45, 7) is 6.46. The van der Waals surface area contributed by atoms with Crippen LogP contribution in [-0.2, 0) is 14.3 Å². The van der Waals surface area contributed by atoms with E-state index in [-0.39, 0.29) is 24.9 Å². The topological polar surface area (TPSA) is 95.9 Å². The Kier molecular flexibility index (Phi) is 40.1. The Hall–Kier alpha value is -1.14. The highest BCUT2D eigenvalue weighted by Crippen LogP contribution is 2.18. The lowest BCUT2D eigenvalue weighted by atomic mass is 10.0. The van der Waals surface area contributed by atoms with E-state index >= 15 is 0 Å². The number of esters is 1. The number of aliphatic hydroxyl groups is 2. The molecule has 0 saturated carbocycles. The molecule has 6 nitrogen and oxygen atoms in total. The van der Waals surface area contributed by atoms with Crippen molar-refractivity contribution in [1.29, 1.82) is 0 Å². The molecule has 0 spiro atoms. The van der Waals surface area contributed by atoms with Gasteiger partial charge in [-0.3, -0.25) is 9.59 Å². The second-order valence-corrected chi connectivity index (χ2v) is 16.2. The molecule has 0 fully saturated rings. The van der Waals surface area contributed by atoms with Gasteiger partial charge in [0.15, 0.2) is 0 Å². The molecule has 0 aromatic carbocycles. The van der Waals surface area contributed by atoms with Crippen LogP contribution in [0.3, 0.4) is 0 Å². The zero-order valence-corrected chi connectivity index (χ0v) is 35.2. The molecular weight excluding hydrogens is 647 g/mol. The molecule has 0 aromatic heterocycles. The zero-order chi connectivity index (χ0) is 38.2. The summed E-state index contributed by atoms with van der Waals surface area (Å²) >= 11 is 0. The number of ether oxygens (including phenoxy) is 1. The van der Waals surface area contributed by atoms with Crippen molar-refractivity contribution in [3.05, 3.63) is 0 Å². The van der Waals surface area contributed by atoms with Crippen molar-refractivity contribution >= 4 is 11.9 Å².